The van der Waals surface area contributed by atoms with Crippen molar-refractivity contribution in [3.05, 3.63) is 71.0 Å². The summed E-state index contributed by atoms with van der Waals surface area (Å²) in [5, 5.41) is 6.32. The number of para-hydroxylation sites is 1. The third-order valence-electron chi connectivity index (χ3n) is 3.22. The molecule has 24 heavy (non-hydrogen) atoms. The van der Waals surface area contributed by atoms with E-state index in [1.54, 1.807) is 43.5 Å². The monoisotopic (exact) mass is 342 g/mol. The Bertz CT molecular complexity index is 850. The Morgan fingerprint density at radius 2 is 2.04 bits per heavy atom. The van der Waals surface area contributed by atoms with Gasteiger partial charge < -0.3 is 15.1 Å². The van der Waals surface area contributed by atoms with Gasteiger partial charge in [0.2, 0.25) is 0 Å². The predicted octanol–water partition coefficient (Wildman–Crippen LogP) is 3.90. The van der Waals surface area contributed by atoms with Gasteiger partial charge >= 0.3 is 0 Å². The molecule has 122 valence electrons. The van der Waals surface area contributed by atoms with E-state index < -0.39 is 0 Å². The van der Waals surface area contributed by atoms with E-state index in [0.29, 0.717) is 28.9 Å². The topological polar surface area (TPSA) is 80.0 Å². The van der Waals surface area contributed by atoms with Crippen molar-refractivity contribution in [2.45, 2.75) is 13.5 Å². The molecule has 3 rings (SSSR count). The number of aromatic nitrogens is 2. The number of carbonyl (C=O) groups is 1. The summed E-state index contributed by atoms with van der Waals surface area (Å²) in [6, 6.07) is 12.3. The maximum absolute atomic E-state index is 12.4. The molecule has 7 heteroatoms. The number of rotatable bonds is 5. The highest BCUT2D eigenvalue weighted by Gasteiger charge is 2.12. The van der Waals surface area contributed by atoms with Gasteiger partial charge in [-0.25, -0.2) is 9.97 Å². The Labute approximate surface area is 143 Å². The van der Waals surface area contributed by atoms with Crippen molar-refractivity contribution in [3.8, 4) is 0 Å². The molecule has 0 saturated carbocycles. The van der Waals surface area contributed by atoms with E-state index in [9.17, 15) is 4.79 Å². The Balaban J connectivity index is 1.75. The van der Waals surface area contributed by atoms with E-state index in [1.165, 1.54) is 0 Å². The maximum atomic E-state index is 12.4. The van der Waals surface area contributed by atoms with Crippen LogP contribution in [0.3, 0.4) is 0 Å². The lowest BCUT2D eigenvalue weighted by molar-refractivity contribution is 0.102. The Hall–Kier alpha value is -2.86. The van der Waals surface area contributed by atoms with Crippen molar-refractivity contribution in [1.29, 1.82) is 0 Å². The molecule has 0 saturated heterocycles. The zero-order valence-electron chi connectivity index (χ0n) is 12.9. The minimum Gasteiger partial charge on any atom is -0.467 e. The summed E-state index contributed by atoms with van der Waals surface area (Å²) in [7, 11) is 0. The summed E-state index contributed by atoms with van der Waals surface area (Å²) in [6.45, 7) is 2.19. The second-order valence-electron chi connectivity index (χ2n) is 5.05. The van der Waals surface area contributed by atoms with Crippen LogP contribution in [-0.4, -0.2) is 15.9 Å². The highest BCUT2D eigenvalue weighted by Crippen LogP contribution is 2.21. The van der Waals surface area contributed by atoms with Gasteiger partial charge in [0, 0.05) is 6.07 Å². The Kier molecular flexibility index (Phi) is 4.77. The summed E-state index contributed by atoms with van der Waals surface area (Å²) < 4.78 is 5.26. The quantitative estimate of drug-likeness (QED) is 0.735. The fourth-order valence-corrected chi connectivity index (χ4v) is 2.30. The number of benzene rings is 1. The zero-order valence-corrected chi connectivity index (χ0v) is 13.7. The molecular weight excluding hydrogens is 328 g/mol. The lowest BCUT2D eigenvalue weighted by Gasteiger charge is -2.09. The second-order valence-corrected chi connectivity index (χ2v) is 5.46. The van der Waals surface area contributed by atoms with Gasteiger partial charge in [0.15, 0.2) is 0 Å². The van der Waals surface area contributed by atoms with Crippen molar-refractivity contribution in [2.24, 2.45) is 0 Å². The largest absolute Gasteiger partial charge is 0.467 e. The van der Waals surface area contributed by atoms with Crippen LogP contribution in [0.4, 0.5) is 11.5 Å². The normalized spacial score (nSPS) is 10.4. The number of nitrogens with one attached hydrogen (secondary N) is 2. The van der Waals surface area contributed by atoms with Gasteiger partial charge in [-0.15, -0.1) is 0 Å². The number of nitrogens with zero attached hydrogens (tertiary/aromatic N) is 2. The smallest absolute Gasteiger partial charge is 0.274 e. The number of hydrogen-bond acceptors (Lipinski definition) is 5. The van der Waals surface area contributed by atoms with Gasteiger partial charge in [-0.3, -0.25) is 4.79 Å². The molecule has 1 amide bonds. The van der Waals surface area contributed by atoms with E-state index >= 15 is 0 Å². The minimum atomic E-state index is -0.352. The number of anilines is 2. The molecule has 0 atom stereocenters. The zero-order chi connectivity index (χ0) is 16.9. The SMILES string of the molecule is Cc1nc(NCc2ccco2)cc(C(=O)Nc2ccccc2Cl)n1. The minimum absolute atomic E-state index is 0.254. The third-order valence-corrected chi connectivity index (χ3v) is 3.55. The van der Waals surface area contributed by atoms with Crippen LogP contribution < -0.4 is 10.6 Å². The first-order chi connectivity index (χ1) is 11.6. The van der Waals surface area contributed by atoms with Crippen molar-refractivity contribution < 1.29 is 9.21 Å². The third kappa shape index (κ3) is 3.91. The van der Waals surface area contributed by atoms with Crippen molar-refractivity contribution >= 4 is 29.0 Å². The van der Waals surface area contributed by atoms with E-state index in [2.05, 4.69) is 20.6 Å². The van der Waals surface area contributed by atoms with Gasteiger partial charge in [-0.1, -0.05) is 23.7 Å². The fraction of sp³-hybridized carbons (Fsp3) is 0.118. The molecular formula is C17H15ClN4O2. The summed E-state index contributed by atoms with van der Waals surface area (Å²) in [5.41, 5.74) is 0.787. The first kappa shape index (κ1) is 16.0. The van der Waals surface area contributed by atoms with Crippen LogP contribution in [0.5, 0.6) is 0 Å². The van der Waals surface area contributed by atoms with E-state index in [4.69, 9.17) is 16.0 Å². The van der Waals surface area contributed by atoms with E-state index in [0.717, 1.165) is 5.76 Å². The van der Waals surface area contributed by atoms with Crippen molar-refractivity contribution in [2.75, 3.05) is 10.6 Å². The van der Waals surface area contributed by atoms with Crippen LogP contribution in [-0.2, 0) is 6.54 Å². The molecule has 2 heterocycles. The summed E-state index contributed by atoms with van der Waals surface area (Å²) in [4.78, 5) is 20.8. The van der Waals surface area contributed by atoms with Crippen LogP contribution >= 0.6 is 11.6 Å². The highest BCUT2D eigenvalue weighted by atomic mass is 35.5. The van der Waals surface area contributed by atoms with Gasteiger partial charge in [0.1, 0.15) is 23.1 Å². The maximum Gasteiger partial charge on any atom is 0.274 e. The lowest BCUT2D eigenvalue weighted by atomic mass is 10.3. The summed E-state index contributed by atoms with van der Waals surface area (Å²) in [5.74, 6) is 1.45. The molecule has 0 spiro atoms. The molecule has 2 aromatic heterocycles. The van der Waals surface area contributed by atoms with Crippen molar-refractivity contribution in [1.82, 2.24) is 9.97 Å². The molecule has 0 radical (unpaired) electrons. The van der Waals surface area contributed by atoms with Crippen LogP contribution in [0.15, 0.2) is 53.1 Å². The average molecular weight is 343 g/mol. The Morgan fingerprint density at radius 1 is 1.21 bits per heavy atom. The molecule has 0 bridgehead atoms. The lowest BCUT2D eigenvalue weighted by Crippen LogP contribution is -2.16. The molecule has 6 nitrogen and oxygen atoms in total. The average Bonchev–Trinajstić information content (AvgIpc) is 3.08. The van der Waals surface area contributed by atoms with Crippen LogP contribution in [0.2, 0.25) is 5.02 Å². The molecule has 0 aliphatic rings. The molecule has 0 unspecified atom stereocenters. The molecule has 0 fully saturated rings. The second kappa shape index (κ2) is 7.14. The van der Waals surface area contributed by atoms with Gasteiger partial charge in [-0.2, -0.15) is 0 Å². The molecule has 0 aliphatic heterocycles. The van der Waals surface area contributed by atoms with Crippen LogP contribution in [0, 0.1) is 6.92 Å². The number of carbonyl (C=O) groups excluding carboxylic acids is 1. The predicted molar refractivity (Wildman–Crippen MR) is 92.2 cm³/mol. The first-order valence-electron chi connectivity index (χ1n) is 7.29. The number of amides is 1. The van der Waals surface area contributed by atoms with Gasteiger partial charge in [0.05, 0.1) is 23.5 Å². The standard InChI is InChI=1S/C17H15ClN4O2/c1-11-20-15(17(23)22-14-7-3-2-6-13(14)18)9-16(21-11)19-10-12-5-4-8-24-12/h2-9H,10H2,1H3,(H,22,23)(H,19,20,21). The number of hydrogen-bond donors (Lipinski definition) is 2. The molecule has 3 aromatic rings. The van der Waals surface area contributed by atoms with Crippen LogP contribution in [0.1, 0.15) is 22.1 Å². The Morgan fingerprint density at radius 3 is 2.79 bits per heavy atom. The number of halogens is 1. The van der Waals surface area contributed by atoms with Gasteiger partial charge in [0.25, 0.3) is 5.91 Å². The fourth-order valence-electron chi connectivity index (χ4n) is 2.11. The highest BCUT2D eigenvalue weighted by molar-refractivity contribution is 6.33. The van der Waals surface area contributed by atoms with E-state index in [-0.39, 0.29) is 11.6 Å². The van der Waals surface area contributed by atoms with Crippen molar-refractivity contribution in [3.63, 3.8) is 0 Å². The number of aryl methyl sites for hydroxylation is 1. The van der Waals surface area contributed by atoms with Crippen LogP contribution in [0.25, 0.3) is 0 Å². The molecule has 0 aliphatic carbocycles. The van der Waals surface area contributed by atoms with Gasteiger partial charge in [-0.05, 0) is 31.2 Å². The van der Waals surface area contributed by atoms with E-state index in [1.807, 2.05) is 12.1 Å². The number of furan rings is 1. The molecule has 2 N–H and O–H groups in total. The first-order valence-corrected chi connectivity index (χ1v) is 7.67. The summed E-state index contributed by atoms with van der Waals surface area (Å²) in [6.07, 6.45) is 1.60. The molecule has 1 aromatic carbocycles. The summed E-state index contributed by atoms with van der Waals surface area (Å²) >= 11 is 6.05.